The van der Waals surface area contributed by atoms with Crippen LogP contribution in [0, 0.1) is 3.95 Å². The molecule has 1 saturated heterocycles. The van der Waals surface area contributed by atoms with Gasteiger partial charge >= 0.3 is 5.97 Å². The van der Waals surface area contributed by atoms with Gasteiger partial charge in [-0.2, -0.15) is 0 Å². The molecule has 1 aliphatic rings. The van der Waals surface area contributed by atoms with Gasteiger partial charge in [0.1, 0.15) is 6.04 Å². The fourth-order valence-electron chi connectivity index (χ4n) is 1.77. The summed E-state index contributed by atoms with van der Waals surface area (Å²) in [4.78, 5) is 11.0. The number of carboxylic acid groups (broad SMARTS) is 1. The van der Waals surface area contributed by atoms with E-state index < -0.39 is 12.0 Å². The molecule has 15 heavy (non-hydrogen) atoms. The molecular formula is C8H10N2O3S2. The number of hydrogen-bond donors (Lipinski definition) is 2. The average molecular weight is 246 g/mol. The number of thiazole rings is 1. The summed E-state index contributed by atoms with van der Waals surface area (Å²) in [6.07, 6.45) is 1.39. The molecule has 1 fully saturated rings. The normalized spacial score (nSPS) is 20.8. The average Bonchev–Trinajstić information content (AvgIpc) is 2.73. The van der Waals surface area contributed by atoms with Gasteiger partial charge in [0.2, 0.25) is 5.88 Å². The summed E-state index contributed by atoms with van der Waals surface area (Å²) in [5.74, 6) is -0.863. The topological polar surface area (TPSA) is 65.7 Å². The van der Waals surface area contributed by atoms with Crippen LogP contribution in [0.5, 0.6) is 5.88 Å². The van der Waals surface area contributed by atoms with Crippen molar-refractivity contribution in [3.05, 3.63) is 9.33 Å². The van der Waals surface area contributed by atoms with E-state index in [4.69, 9.17) is 17.3 Å². The Hall–Kier alpha value is -1.08. The molecular weight excluding hydrogens is 236 g/mol. The van der Waals surface area contributed by atoms with E-state index in [0.29, 0.717) is 16.9 Å². The van der Waals surface area contributed by atoms with E-state index in [9.17, 15) is 9.90 Å². The van der Waals surface area contributed by atoms with Gasteiger partial charge in [-0.05, 0) is 25.1 Å². The molecule has 0 spiro atoms. The van der Waals surface area contributed by atoms with Crippen LogP contribution < -0.4 is 5.01 Å². The Bertz CT molecular complexity index is 439. The SMILES string of the molecule is O=C(O)[C@@H]1CCCN1n1c(O)csc1=S. The van der Waals surface area contributed by atoms with Crippen LogP contribution in [-0.2, 0) is 4.79 Å². The highest BCUT2D eigenvalue weighted by Gasteiger charge is 2.32. The molecule has 2 rings (SSSR count). The molecule has 2 heterocycles. The second-order valence-electron chi connectivity index (χ2n) is 3.33. The summed E-state index contributed by atoms with van der Waals surface area (Å²) in [6, 6.07) is -0.586. The zero-order chi connectivity index (χ0) is 11.0. The van der Waals surface area contributed by atoms with E-state index in [0.717, 1.165) is 6.42 Å². The van der Waals surface area contributed by atoms with Crippen molar-refractivity contribution in [1.29, 1.82) is 0 Å². The van der Waals surface area contributed by atoms with Crippen molar-refractivity contribution in [3.63, 3.8) is 0 Å². The second-order valence-corrected chi connectivity index (χ2v) is 4.83. The summed E-state index contributed by atoms with van der Waals surface area (Å²) >= 11 is 6.26. The van der Waals surface area contributed by atoms with Crippen molar-refractivity contribution in [3.8, 4) is 5.88 Å². The number of hydrogen-bond acceptors (Lipinski definition) is 5. The van der Waals surface area contributed by atoms with Crippen molar-refractivity contribution >= 4 is 29.5 Å². The summed E-state index contributed by atoms with van der Waals surface area (Å²) in [7, 11) is 0. The van der Waals surface area contributed by atoms with E-state index in [1.807, 2.05) is 0 Å². The molecule has 0 bridgehead atoms. The Balaban J connectivity index is 2.38. The minimum Gasteiger partial charge on any atom is -0.493 e. The Labute approximate surface area is 95.2 Å². The fourth-order valence-corrected chi connectivity index (χ4v) is 2.72. The third-order valence-corrected chi connectivity index (χ3v) is 3.59. The lowest BCUT2D eigenvalue weighted by Gasteiger charge is -2.24. The first kappa shape index (κ1) is 10.4. The number of aliphatic carboxylic acids is 1. The number of aromatic nitrogens is 1. The van der Waals surface area contributed by atoms with Gasteiger partial charge in [0, 0.05) is 6.54 Å². The summed E-state index contributed by atoms with van der Waals surface area (Å²) < 4.78 is 1.88. The first-order valence-electron chi connectivity index (χ1n) is 4.50. The molecule has 0 unspecified atom stereocenters. The monoisotopic (exact) mass is 246 g/mol. The molecule has 0 radical (unpaired) electrons. The maximum absolute atomic E-state index is 11.0. The van der Waals surface area contributed by atoms with Crippen LogP contribution in [0.1, 0.15) is 12.8 Å². The predicted molar refractivity (Wildman–Crippen MR) is 58.5 cm³/mol. The molecule has 1 aromatic rings. The van der Waals surface area contributed by atoms with Gasteiger partial charge in [-0.1, -0.05) is 0 Å². The van der Waals surface area contributed by atoms with Crippen LogP contribution in [0.3, 0.4) is 0 Å². The smallest absolute Gasteiger partial charge is 0.327 e. The minimum atomic E-state index is -0.875. The standard InChI is InChI=1S/C8H10N2O3S2/c11-6-4-15-8(14)10(6)9-3-1-2-5(9)7(12)13/h4-5,11H,1-3H2,(H,12,13)/t5-/m0/s1. The van der Waals surface area contributed by atoms with Gasteiger partial charge in [0.25, 0.3) is 0 Å². The Morgan fingerprint density at radius 3 is 2.93 bits per heavy atom. The van der Waals surface area contributed by atoms with Gasteiger partial charge in [0.15, 0.2) is 3.95 Å². The zero-order valence-corrected chi connectivity index (χ0v) is 9.42. The lowest BCUT2D eigenvalue weighted by molar-refractivity contribution is -0.138. The van der Waals surface area contributed by atoms with Gasteiger partial charge in [-0.15, -0.1) is 11.3 Å². The predicted octanol–water partition coefficient (Wildman–Crippen LogP) is 1.17. The number of rotatable bonds is 2. The molecule has 2 N–H and O–H groups in total. The van der Waals surface area contributed by atoms with Crippen molar-refractivity contribution < 1.29 is 15.0 Å². The third-order valence-electron chi connectivity index (χ3n) is 2.42. The number of carboxylic acids is 1. The second kappa shape index (κ2) is 3.82. The highest BCUT2D eigenvalue weighted by atomic mass is 32.1. The maximum atomic E-state index is 11.0. The fraction of sp³-hybridized carbons (Fsp3) is 0.500. The zero-order valence-electron chi connectivity index (χ0n) is 7.79. The largest absolute Gasteiger partial charge is 0.493 e. The molecule has 7 heteroatoms. The van der Waals surface area contributed by atoms with Crippen molar-refractivity contribution in [1.82, 2.24) is 4.68 Å². The van der Waals surface area contributed by atoms with Gasteiger partial charge in [0.05, 0.1) is 5.38 Å². The number of aromatic hydroxyl groups is 1. The van der Waals surface area contributed by atoms with Gasteiger partial charge in [-0.25, -0.2) is 9.47 Å². The van der Waals surface area contributed by atoms with Crippen LogP contribution >= 0.6 is 23.6 Å². The van der Waals surface area contributed by atoms with Crippen LogP contribution in [0.25, 0.3) is 0 Å². The summed E-state index contributed by atoms with van der Waals surface area (Å²) in [5, 5.41) is 21.7. The first-order chi connectivity index (χ1) is 7.11. The molecule has 5 nitrogen and oxygen atoms in total. The van der Waals surface area contributed by atoms with Crippen molar-refractivity contribution in [2.75, 3.05) is 11.6 Å². The molecule has 0 amide bonds. The summed E-state index contributed by atoms with van der Waals surface area (Å²) in [6.45, 7) is 0.607. The van der Waals surface area contributed by atoms with E-state index in [1.165, 1.54) is 21.4 Å². The molecule has 0 aliphatic carbocycles. The van der Waals surface area contributed by atoms with Crippen molar-refractivity contribution in [2.24, 2.45) is 0 Å². The Kier molecular flexibility index (Phi) is 2.66. The van der Waals surface area contributed by atoms with Crippen molar-refractivity contribution in [2.45, 2.75) is 18.9 Å². The third kappa shape index (κ3) is 1.72. The highest BCUT2D eigenvalue weighted by Crippen LogP contribution is 2.24. The Morgan fingerprint density at radius 2 is 2.40 bits per heavy atom. The number of nitrogens with zero attached hydrogens (tertiary/aromatic N) is 2. The first-order valence-corrected chi connectivity index (χ1v) is 5.79. The van der Waals surface area contributed by atoms with Crippen LogP contribution in [0.2, 0.25) is 0 Å². The van der Waals surface area contributed by atoms with E-state index in [2.05, 4.69) is 0 Å². The lowest BCUT2D eigenvalue weighted by Crippen LogP contribution is -2.43. The molecule has 0 aromatic carbocycles. The quantitative estimate of drug-likeness (QED) is 0.767. The van der Waals surface area contributed by atoms with Crippen LogP contribution in [0.15, 0.2) is 5.38 Å². The summed E-state index contributed by atoms with van der Waals surface area (Å²) in [5.41, 5.74) is 0. The molecule has 1 aromatic heterocycles. The Morgan fingerprint density at radius 1 is 1.67 bits per heavy atom. The lowest BCUT2D eigenvalue weighted by atomic mass is 10.2. The van der Waals surface area contributed by atoms with Crippen LogP contribution in [0.4, 0.5) is 0 Å². The van der Waals surface area contributed by atoms with E-state index in [1.54, 1.807) is 5.01 Å². The maximum Gasteiger partial charge on any atom is 0.327 e. The minimum absolute atomic E-state index is 0.0122. The molecule has 1 atom stereocenters. The van der Waals surface area contributed by atoms with Crippen LogP contribution in [-0.4, -0.2) is 33.4 Å². The van der Waals surface area contributed by atoms with Gasteiger partial charge < -0.3 is 10.2 Å². The molecule has 0 saturated carbocycles. The molecule has 82 valence electrons. The molecule has 1 aliphatic heterocycles. The number of carbonyl (C=O) groups is 1. The van der Waals surface area contributed by atoms with E-state index >= 15 is 0 Å². The highest BCUT2D eigenvalue weighted by molar-refractivity contribution is 7.73. The van der Waals surface area contributed by atoms with Gasteiger partial charge in [-0.3, -0.25) is 5.01 Å². The van der Waals surface area contributed by atoms with E-state index in [-0.39, 0.29) is 5.88 Å².